The van der Waals surface area contributed by atoms with Gasteiger partial charge in [-0.25, -0.2) is 4.79 Å². The molecule has 130 valence electrons. The lowest BCUT2D eigenvalue weighted by atomic mass is 10.2. The molecule has 7 heteroatoms. The van der Waals surface area contributed by atoms with Crippen LogP contribution < -0.4 is 14.8 Å². The van der Waals surface area contributed by atoms with Gasteiger partial charge in [-0.2, -0.15) is 0 Å². The van der Waals surface area contributed by atoms with Gasteiger partial charge in [-0.15, -0.1) is 0 Å². The Morgan fingerprint density at radius 1 is 1.12 bits per heavy atom. The monoisotopic (exact) mass is 453 g/mol. The molecular weight excluding hydrogens is 437 g/mol. The number of ether oxygens (including phenoxy) is 3. The van der Waals surface area contributed by atoms with Crippen molar-refractivity contribution in [3.63, 3.8) is 0 Å². The highest BCUT2D eigenvalue weighted by atomic mass is 127. The van der Waals surface area contributed by atoms with E-state index in [9.17, 15) is 9.59 Å². The number of benzene rings is 2. The summed E-state index contributed by atoms with van der Waals surface area (Å²) < 4.78 is 17.0. The number of carbonyl (C=O) groups is 2. The first-order valence-corrected chi connectivity index (χ1v) is 8.73. The van der Waals surface area contributed by atoms with Gasteiger partial charge in [0.1, 0.15) is 13.2 Å². The number of aryl methyl sites for hydroxylation is 1. The van der Waals surface area contributed by atoms with Crippen LogP contribution >= 0.6 is 22.6 Å². The van der Waals surface area contributed by atoms with Crippen molar-refractivity contribution in [2.75, 3.05) is 25.1 Å². The molecule has 0 saturated heterocycles. The normalized spacial score (nSPS) is 12.4. The van der Waals surface area contributed by atoms with Crippen LogP contribution in [0.1, 0.15) is 15.9 Å². The number of amides is 1. The van der Waals surface area contributed by atoms with Crippen molar-refractivity contribution in [3.8, 4) is 11.5 Å². The maximum Gasteiger partial charge on any atom is 0.338 e. The lowest BCUT2D eigenvalue weighted by Gasteiger charge is -2.18. The number of carbonyl (C=O) groups excluding carboxylic acids is 2. The highest BCUT2D eigenvalue weighted by Gasteiger charge is 2.16. The maximum atomic E-state index is 12.1. The topological polar surface area (TPSA) is 73.9 Å². The van der Waals surface area contributed by atoms with Crippen molar-refractivity contribution >= 4 is 40.2 Å². The zero-order chi connectivity index (χ0) is 17.8. The second kappa shape index (κ2) is 7.73. The highest BCUT2D eigenvalue weighted by molar-refractivity contribution is 14.1. The maximum absolute atomic E-state index is 12.1. The van der Waals surface area contributed by atoms with Crippen molar-refractivity contribution < 1.29 is 23.8 Å². The first-order chi connectivity index (χ1) is 12.0. The second-order valence-corrected chi connectivity index (χ2v) is 6.69. The predicted molar refractivity (Wildman–Crippen MR) is 100 cm³/mol. The molecule has 1 aliphatic heterocycles. The van der Waals surface area contributed by atoms with E-state index in [0.717, 1.165) is 9.13 Å². The quantitative estimate of drug-likeness (QED) is 0.569. The fraction of sp³-hybridized carbons (Fsp3) is 0.222. The lowest BCUT2D eigenvalue weighted by molar-refractivity contribution is -0.119. The van der Waals surface area contributed by atoms with Gasteiger partial charge in [0, 0.05) is 9.26 Å². The molecule has 1 heterocycles. The van der Waals surface area contributed by atoms with Crippen LogP contribution in [-0.4, -0.2) is 31.7 Å². The summed E-state index contributed by atoms with van der Waals surface area (Å²) in [5, 5.41) is 2.73. The van der Waals surface area contributed by atoms with Gasteiger partial charge in [-0.05, 0) is 71.5 Å². The summed E-state index contributed by atoms with van der Waals surface area (Å²) in [6.07, 6.45) is 0. The summed E-state index contributed by atoms with van der Waals surface area (Å²) in [5.74, 6) is 0.107. The fourth-order valence-corrected chi connectivity index (χ4v) is 2.99. The molecule has 0 saturated carbocycles. The molecule has 0 aromatic heterocycles. The van der Waals surface area contributed by atoms with Gasteiger partial charge < -0.3 is 19.5 Å². The first-order valence-electron chi connectivity index (χ1n) is 7.66. The molecule has 0 bridgehead atoms. The predicted octanol–water partition coefficient (Wildman–Crippen LogP) is 3.17. The molecule has 0 aliphatic carbocycles. The number of nitrogens with one attached hydrogen (secondary N) is 1. The Labute approximate surface area is 158 Å². The van der Waals surface area contributed by atoms with Crippen LogP contribution in [-0.2, 0) is 9.53 Å². The van der Waals surface area contributed by atoms with E-state index in [1.165, 1.54) is 0 Å². The Kier molecular flexibility index (Phi) is 5.42. The van der Waals surface area contributed by atoms with E-state index < -0.39 is 11.9 Å². The fourth-order valence-electron chi connectivity index (χ4n) is 2.34. The molecule has 1 N–H and O–H groups in total. The van der Waals surface area contributed by atoms with Gasteiger partial charge in [-0.3, -0.25) is 4.79 Å². The van der Waals surface area contributed by atoms with Gasteiger partial charge in [0.25, 0.3) is 5.91 Å². The van der Waals surface area contributed by atoms with E-state index in [4.69, 9.17) is 14.2 Å². The third kappa shape index (κ3) is 4.41. The molecule has 2 aromatic rings. The minimum atomic E-state index is -0.591. The highest BCUT2D eigenvalue weighted by Crippen LogP contribution is 2.30. The molecule has 1 amide bonds. The zero-order valence-corrected chi connectivity index (χ0v) is 15.7. The third-order valence-corrected chi connectivity index (χ3v) is 4.25. The minimum absolute atomic E-state index is 0.308. The number of hydrogen-bond acceptors (Lipinski definition) is 5. The number of anilines is 1. The summed E-state index contributed by atoms with van der Waals surface area (Å²) in [6.45, 7) is 2.45. The Balaban J connectivity index is 1.57. The molecule has 0 atom stereocenters. The van der Waals surface area contributed by atoms with E-state index in [1.807, 2.05) is 25.1 Å². The average molecular weight is 453 g/mol. The van der Waals surface area contributed by atoms with Gasteiger partial charge in [0.15, 0.2) is 18.1 Å². The van der Waals surface area contributed by atoms with Gasteiger partial charge >= 0.3 is 5.97 Å². The number of rotatable bonds is 4. The Bertz CT molecular complexity index is 821. The number of fused-ring (bicyclic) bond motifs is 1. The van der Waals surface area contributed by atoms with Crippen molar-refractivity contribution in [2.45, 2.75) is 6.92 Å². The van der Waals surface area contributed by atoms with E-state index in [2.05, 4.69) is 27.9 Å². The van der Waals surface area contributed by atoms with Crippen LogP contribution in [0.2, 0.25) is 0 Å². The van der Waals surface area contributed by atoms with Crippen LogP contribution in [0.15, 0.2) is 36.4 Å². The van der Waals surface area contributed by atoms with E-state index in [-0.39, 0.29) is 6.61 Å². The second-order valence-electron chi connectivity index (χ2n) is 5.44. The molecule has 0 spiro atoms. The van der Waals surface area contributed by atoms with Crippen LogP contribution in [0.4, 0.5) is 5.69 Å². The van der Waals surface area contributed by atoms with Crippen LogP contribution in [0, 0.1) is 10.5 Å². The summed E-state index contributed by atoms with van der Waals surface area (Å²) in [6, 6.07) is 10.5. The molecule has 0 radical (unpaired) electrons. The van der Waals surface area contributed by atoms with Gasteiger partial charge in [-0.1, -0.05) is 0 Å². The number of halogens is 1. The summed E-state index contributed by atoms with van der Waals surface area (Å²) in [7, 11) is 0. The third-order valence-electron chi connectivity index (χ3n) is 3.57. The van der Waals surface area contributed by atoms with Crippen LogP contribution in [0.5, 0.6) is 11.5 Å². The first kappa shape index (κ1) is 17.5. The van der Waals surface area contributed by atoms with Crippen molar-refractivity contribution in [1.82, 2.24) is 0 Å². The Morgan fingerprint density at radius 2 is 1.88 bits per heavy atom. The standard InChI is InChI=1S/C18H16INO5/c1-11-8-13(19)3-4-14(11)20-17(21)10-25-18(22)12-2-5-15-16(9-12)24-7-6-23-15/h2-5,8-9H,6-7,10H2,1H3,(H,20,21). The van der Waals surface area contributed by atoms with Crippen LogP contribution in [0.25, 0.3) is 0 Å². The Hall–Kier alpha value is -2.29. The number of hydrogen-bond donors (Lipinski definition) is 1. The summed E-state index contributed by atoms with van der Waals surface area (Å²) >= 11 is 2.20. The van der Waals surface area contributed by atoms with E-state index >= 15 is 0 Å². The molecule has 1 aliphatic rings. The summed E-state index contributed by atoms with van der Waals surface area (Å²) in [4.78, 5) is 24.1. The largest absolute Gasteiger partial charge is 0.486 e. The molecular formula is C18H16INO5. The van der Waals surface area contributed by atoms with E-state index in [0.29, 0.717) is 36.0 Å². The van der Waals surface area contributed by atoms with E-state index in [1.54, 1.807) is 18.2 Å². The van der Waals surface area contributed by atoms with Crippen molar-refractivity contribution in [3.05, 3.63) is 51.1 Å². The van der Waals surface area contributed by atoms with Crippen molar-refractivity contribution in [2.24, 2.45) is 0 Å². The molecule has 2 aromatic carbocycles. The SMILES string of the molecule is Cc1cc(I)ccc1NC(=O)COC(=O)c1ccc2c(c1)OCCO2. The molecule has 3 rings (SSSR count). The summed E-state index contributed by atoms with van der Waals surface area (Å²) in [5.41, 5.74) is 1.95. The van der Waals surface area contributed by atoms with Crippen LogP contribution in [0.3, 0.4) is 0 Å². The lowest BCUT2D eigenvalue weighted by Crippen LogP contribution is -2.21. The van der Waals surface area contributed by atoms with Gasteiger partial charge in [0.05, 0.1) is 5.56 Å². The average Bonchev–Trinajstić information content (AvgIpc) is 2.61. The molecule has 0 fully saturated rings. The molecule has 6 nitrogen and oxygen atoms in total. The molecule has 25 heavy (non-hydrogen) atoms. The van der Waals surface area contributed by atoms with Crippen molar-refractivity contribution in [1.29, 1.82) is 0 Å². The molecule has 0 unspecified atom stereocenters. The van der Waals surface area contributed by atoms with Gasteiger partial charge in [0.2, 0.25) is 0 Å². The zero-order valence-electron chi connectivity index (χ0n) is 13.5. The Morgan fingerprint density at radius 3 is 2.64 bits per heavy atom. The smallest absolute Gasteiger partial charge is 0.338 e. The minimum Gasteiger partial charge on any atom is -0.486 e. The number of esters is 1.